The number of nitrogens with one attached hydrogen (secondary N) is 3. The van der Waals surface area contributed by atoms with Crippen molar-refractivity contribution in [3.05, 3.63) is 53.6 Å². The number of urea groups is 1. The Morgan fingerprint density at radius 1 is 1.09 bits per heavy atom. The SMILES string of the molecule is COc1cc(CC(=O)NC(C)N(C)CCCC(=O)O)ccc1NC(=O)Nc1ccccc1C. The summed E-state index contributed by atoms with van der Waals surface area (Å²) in [4.78, 5) is 37.4. The summed E-state index contributed by atoms with van der Waals surface area (Å²) in [6, 6.07) is 12.2. The van der Waals surface area contributed by atoms with Crippen LogP contribution in [-0.2, 0) is 16.0 Å². The van der Waals surface area contributed by atoms with E-state index in [0.29, 0.717) is 30.1 Å². The van der Waals surface area contributed by atoms with Gasteiger partial charge in [0.1, 0.15) is 5.75 Å². The monoisotopic (exact) mass is 456 g/mol. The van der Waals surface area contributed by atoms with Crippen molar-refractivity contribution in [2.45, 2.75) is 39.3 Å². The maximum absolute atomic E-state index is 12.5. The van der Waals surface area contributed by atoms with Crippen LogP contribution in [0.15, 0.2) is 42.5 Å². The van der Waals surface area contributed by atoms with Crippen molar-refractivity contribution in [1.29, 1.82) is 0 Å². The lowest BCUT2D eigenvalue weighted by atomic mass is 10.1. The van der Waals surface area contributed by atoms with Gasteiger partial charge in [-0.1, -0.05) is 24.3 Å². The highest BCUT2D eigenvalue weighted by molar-refractivity contribution is 6.01. The standard InChI is InChI=1S/C24H32N4O5/c1-16-8-5-6-9-19(16)26-24(32)27-20-12-11-18(14-21(20)33-4)15-22(29)25-17(2)28(3)13-7-10-23(30)31/h5-6,8-9,11-12,14,17H,7,10,13,15H2,1-4H3,(H,25,29)(H,30,31)(H2,26,27,32). The molecular formula is C24H32N4O5. The summed E-state index contributed by atoms with van der Waals surface area (Å²) in [7, 11) is 3.33. The zero-order valence-electron chi connectivity index (χ0n) is 19.5. The number of carboxylic acids is 1. The smallest absolute Gasteiger partial charge is 0.323 e. The fourth-order valence-corrected chi connectivity index (χ4v) is 3.19. The molecule has 3 amide bonds. The summed E-state index contributed by atoms with van der Waals surface area (Å²) < 4.78 is 5.39. The van der Waals surface area contributed by atoms with Gasteiger partial charge >= 0.3 is 12.0 Å². The highest BCUT2D eigenvalue weighted by Gasteiger charge is 2.15. The van der Waals surface area contributed by atoms with Crippen LogP contribution in [0.3, 0.4) is 0 Å². The summed E-state index contributed by atoms with van der Waals surface area (Å²) in [5, 5.41) is 17.2. The quantitative estimate of drug-likeness (QED) is 0.385. The normalized spacial score (nSPS) is 11.5. The Morgan fingerprint density at radius 2 is 1.79 bits per heavy atom. The number of methoxy groups -OCH3 is 1. The second-order valence-corrected chi connectivity index (χ2v) is 7.83. The molecule has 2 aromatic carbocycles. The number of benzene rings is 2. The first-order chi connectivity index (χ1) is 15.7. The second-order valence-electron chi connectivity index (χ2n) is 7.83. The Bertz CT molecular complexity index is 979. The van der Waals surface area contributed by atoms with E-state index < -0.39 is 12.0 Å². The summed E-state index contributed by atoms with van der Waals surface area (Å²) in [5.74, 6) is -0.564. The van der Waals surface area contributed by atoms with Crippen LogP contribution in [-0.4, -0.2) is 54.8 Å². The van der Waals surface area contributed by atoms with Gasteiger partial charge in [-0.15, -0.1) is 0 Å². The molecule has 2 aromatic rings. The molecule has 9 nitrogen and oxygen atoms in total. The molecule has 178 valence electrons. The van der Waals surface area contributed by atoms with Gasteiger partial charge in [0.2, 0.25) is 5.91 Å². The molecule has 0 aliphatic rings. The van der Waals surface area contributed by atoms with Crippen molar-refractivity contribution in [2.75, 3.05) is 31.3 Å². The molecule has 4 N–H and O–H groups in total. The van der Waals surface area contributed by atoms with Crippen LogP contribution in [0.2, 0.25) is 0 Å². The van der Waals surface area contributed by atoms with E-state index in [-0.39, 0.29) is 24.9 Å². The fraction of sp³-hybridized carbons (Fsp3) is 0.375. The van der Waals surface area contributed by atoms with Gasteiger partial charge in [-0.2, -0.15) is 0 Å². The molecule has 0 heterocycles. The van der Waals surface area contributed by atoms with Crippen LogP contribution in [0.1, 0.15) is 30.9 Å². The predicted molar refractivity (Wildman–Crippen MR) is 128 cm³/mol. The van der Waals surface area contributed by atoms with Crippen molar-refractivity contribution in [3.63, 3.8) is 0 Å². The third kappa shape index (κ3) is 8.46. The molecule has 0 saturated heterocycles. The van der Waals surface area contributed by atoms with E-state index >= 15 is 0 Å². The maximum Gasteiger partial charge on any atom is 0.323 e. The molecule has 9 heteroatoms. The Hall–Kier alpha value is -3.59. The largest absolute Gasteiger partial charge is 0.495 e. The summed E-state index contributed by atoms with van der Waals surface area (Å²) in [5.41, 5.74) is 2.88. The topological polar surface area (TPSA) is 120 Å². The van der Waals surface area contributed by atoms with Gasteiger partial charge in [-0.05, 0) is 56.6 Å². The third-order valence-corrected chi connectivity index (χ3v) is 5.20. The Morgan fingerprint density at radius 3 is 2.45 bits per heavy atom. The Labute approximate surface area is 194 Å². The first kappa shape index (κ1) is 25.7. The number of ether oxygens (including phenoxy) is 1. The van der Waals surface area contributed by atoms with E-state index in [2.05, 4.69) is 16.0 Å². The Balaban J connectivity index is 1.92. The van der Waals surface area contributed by atoms with Gasteiger partial charge in [0.05, 0.1) is 25.4 Å². The molecule has 0 radical (unpaired) electrons. The molecule has 1 unspecified atom stereocenters. The van der Waals surface area contributed by atoms with Crippen molar-refractivity contribution in [2.24, 2.45) is 0 Å². The number of amides is 3. The van der Waals surface area contributed by atoms with Crippen LogP contribution in [0.25, 0.3) is 0 Å². The summed E-state index contributed by atoms with van der Waals surface area (Å²) in [6.45, 7) is 4.32. The first-order valence-corrected chi connectivity index (χ1v) is 10.7. The molecule has 1 atom stereocenters. The number of nitrogens with zero attached hydrogens (tertiary/aromatic N) is 1. The molecule has 33 heavy (non-hydrogen) atoms. The fourth-order valence-electron chi connectivity index (χ4n) is 3.19. The van der Waals surface area contributed by atoms with Gasteiger partial charge in [0.15, 0.2) is 0 Å². The zero-order chi connectivity index (χ0) is 24.4. The van der Waals surface area contributed by atoms with Crippen LogP contribution >= 0.6 is 0 Å². The molecule has 0 spiro atoms. The number of hydrogen-bond donors (Lipinski definition) is 4. The number of anilines is 2. The third-order valence-electron chi connectivity index (χ3n) is 5.20. The lowest BCUT2D eigenvalue weighted by Crippen LogP contribution is -2.45. The minimum Gasteiger partial charge on any atom is -0.495 e. The van der Waals surface area contributed by atoms with Gasteiger partial charge in [-0.25, -0.2) is 4.79 Å². The minimum absolute atomic E-state index is 0.0914. The Kier molecular flexibility index (Phi) is 9.68. The second kappa shape index (κ2) is 12.4. The van der Waals surface area contributed by atoms with Crippen LogP contribution in [0.4, 0.5) is 16.2 Å². The van der Waals surface area contributed by atoms with Gasteiger partial charge in [0.25, 0.3) is 0 Å². The minimum atomic E-state index is -0.834. The number of rotatable bonds is 11. The predicted octanol–water partition coefficient (Wildman–Crippen LogP) is 3.45. The van der Waals surface area contributed by atoms with E-state index in [1.807, 2.05) is 50.1 Å². The molecular weight excluding hydrogens is 424 g/mol. The van der Waals surface area contributed by atoms with Gasteiger partial charge < -0.3 is 25.8 Å². The number of aliphatic carboxylic acids is 1. The molecule has 0 aliphatic heterocycles. The molecule has 2 rings (SSSR count). The van der Waals surface area contributed by atoms with Crippen molar-refractivity contribution in [1.82, 2.24) is 10.2 Å². The van der Waals surface area contributed by atoms with Crippen molar-refractivity contribution in [3.8, 4) is 5.75 Å². The van der Waals surface area contributed by atoms with E-state index in [4.69, 9.17) is 9.84 Å². The highest BCUT2D eigenvalue weighted by Crippen LogP contribution is 2.26. The average Bonchev–Trinajstić information content (AvgIpc) is 2.75. The zero-order valence-corrected chi connectivity index (χ0v) is 19.5. The number of hydrogen-bond acceptors (Lipinski definition) is 5. The van der Waals surface area contributed by atoms with E-state index in [1.54, 1.807) is 18.2 Å². The van der Waals surface area contributed by atoms with Gasteiger partial charge in [-0.3, -0.25) is 14.5 Å². The molecule has 0 bridgehead atoms. The summed E-state index contributed by atoms with van der Waals surface area (Å²) in [6.07, 6.45) is 0.502. The van der Waals surface area contributed by atoms with Crippen LogP contribution in [0, 0.1) is 6.92 Å². The number of para-hydroxylation sites is 1. The number of carbonyl (C=O) groups is 3. The van der Waals surface area contributed by atoms with E-state index in [9.17, 15) is 14.4 Å². The van der Waals surface area contributed by atoms with Crippen molar-refractivity contribution < 1.29 is 24.2 Å². The highest BCUT2D eigenvalue weighted by atomic mass is 16.5. The van der Waals surface area contributed by atoms with E-state index in [0.717, 1.165) is 11.1 Å². The van der Waals surface area contributed by atoms with Crippen LogP contribution < -0.4 is 20.7 Å². The van der Waals surface area contributed by atoms with Gasteiger partial charge in [0, 0.05) is 18.7 Å². The molecule has 0 fully saturated rings. The maximum atomic E-state index is 12.5. The first-order valence-electron chi connectivity index (χ1n) is 10.7. The van der Waals surface area contributed by atoms with Crippen molar-refractivity contribution >= 4 is 29.3 Å². The van der Waals surface area contributed by atoms with E-state index in [1.165, 1.54) is 7.11 Å². The lowest BCUT2D eigenvalue weighted by Gasteiger charge is -2.25. The number of carboxylic acid groups (broad SMARTS) is 1. The average molecular weight is 457 g/mol. The number of aryl methyl sites for hydroxylation is 1. The lowest BCUT2D eigenvalue weighted by molar-refractivity contribution is -0.137. The van der Waals surface area contributed by atoms with Crippen LogP contribution in [0.5, 0.6) is 5.75 Å². The molecule has 0 aromatic heterocycles. The molecule has 0 saturated carbocycles. The molecule has 0 aliphatic carbocycles. The summed E-state index contributed by atoms with van der Waals surface area (Å²) >= 11 is 0. The number of carbonyl (C=O) groups excluding carboxylic acids is 2.